The first-order valence-corrected chi connectivity index (χ1v) is 6.83. The summed E-state index contributed by atoms with van der Waals surface area (Å²) in [6.07, 6.45) is 7.37. The lowest BCUT2D eigenvalue weighted by molar-refractivity contribution is -0.149. The van der Waals surface area contributed by atoms with Crippen LogP contribution in [-0.4, -0.2) is 35.3 Å². The van der Waals surface area contributed by atoms with E-state index < -0.39 is 5.54 Å². The Hall–Kier alpha value is -1.32. The van der Waals surface area contributed by atoms with E-state index >= 15 is 0 Å². The van der Waals surface area contributed by atoms with E-state index in [2.05, 4.69) is 11.4 Å². The van der Waals surface area contributed by atoms with E-state index in [1.165, 1.54) is 12.0 Å². The van der Waals surface area contributed by atoms with E-state index in [-0.39, 0.29) is 18.4 Å². The van der Waals surface area contributed by atoms with Crippen LogP contribution in [0.3, 0.4) is 0 Å². The van der Waals surface area contributed by atoms with Crippen LogP contribution in [-0.2, 0) is 9.59 Å². The largest absolute Gasteiger partial charge is 0.340 e. The molecule has 1 N–H and O–H groups in total. The highest BCUT2D eigenvalue weighted by atomic mass is 16.2. The third kappa shape index (κ3) is 2.57. The van der Waals surface area contributed by atoms with E-state index in [4.69, 9.17) is 0 Å². The summed E-state index contributed by atoms with van der Waals surface area (Å²) in [5, 5.41) is 2.81. The number of piperazine rings is 1. The SMILES string of the molecule is CCC1(C)NC(=O)CN(CCC2=CCCC2)C1=O. The van der Waals surface area contributed by atoms with Crippen LogP contribution in [0, 0.1) is 0 Å². The van der Waals surface area contributed by atoms with Crippen LogP contribution >= 0.6 is 0 Å². The second kappa shape index (κ2) is 5.12. The molecule has 0 saturated carbocycles. The number of rotatable bonds is 4. The van der Waals surface area contributed by atoms with Crippen LogP contribution in [0.15, 0.2) is 11.6 Å². The molecular weight excluding hydrogens is 228 g/mol. The molecule has 0 bridgehead atoms. The first-order valence-electron chi connectivity index (χ1n) is 6.83. The minimum Gasteiger partial charge on any atom is -0.340 e. The molecule has 0 aromatic heterocycles. The van der Waals surface area contributed by atoms with Crippen molar-refractivity contribution in [2.75, 3.05) is 13.1 Å². The number of nitrogens with zero attached hydrogens (tertiary/aromatic N) is 1. The summed E-state index contributed by atoms with van der Waals surface area (Å²) in [6, 6.07) is 0. The molecular formula is C14H22N2O2. The maximum absolute atomic E-state index is 12.3. The Morgan fingerprint density at radius 1 is 1.44 bits per heavy atom. The van der Waals surface area contributed by atoms with E-state index in [9.17, 15) is 9.59 Å². The second-order valence-corrected chi connectivity index (χ2v) is 5.47. The molecule has 0 spiro atoms. The molecule has 4 nitrogen and oxygen atoms in total. The number of carbonyl (C=O) groups is 2. The van der Waals surface area contributed by atoms with Gasteiger partial charge in [0, 0.05) is 6.54 Å². The fraction of sp³-hybridized carbons (Fsp3) is 0.714. The van der Waals surface area contributed by atoms with Crippen molar-refractivity contribution < 1.29 is 9.59 Å². The molecule has 1 aliphatic carbocycles. The van der Waals surface area contributed by atoms with Crippen LogP contribution in [0.25, 0.3) is 0 Å². The normalized spacial score (nSPS) is 28.3. The van der Waals surface area contributed by atoms with Crippen molar-refractivity contribution in [2.45, 2.75) is 51.5 Å². The van der Waals surface area contributed by atoms with Crippen LogP contribution in [0.1, 0.15) is 46.0 Å². The molecule has 0 aromatic rings. The molecule has 1 saturated heterocycles. The lowest BCUT2D eigenvalue weighted by Crippen LogP contribution is -2.65. The lowest BCUT2D eigenvalue weighted by atomic mass is 9.94. The van der Waals surface area contributed by atoms with Gasteiger partial charge in [-0.25, -0.2) is 0 Å². The van der Waals surface area contributed by atoms with Crippen LogP contribution in [0.4, 0.5) is 0 Å². The summed E-state index contributed by atoms with van der Waals surface area (Å²) < 4.78 is 0. The second-order valence-electron chi connectivity index (χ2n) is 5.47. The Kier molecular flexibility index (Phi) is 3.73. The first kappa shape index (κ1) is 13.1. The summed E-state index contributed by atoms with van der Waals surface area (Å²) >= 11 is 0. The van der Waals surface area contributed by atoms with Crippen LogP contribution in [0.2, 0.25) is 0 Å². The molecule has 1 fully saturated rings. The minimum absolute atomic E-state index is 0.0423. The van der Waals surface area contributed by atoms with Gasteiger partial charge in [0.25, 0.3) is 0 Å². The van der Waals surface area contributed by atoms with Crippen molar-refractivity contribution in [3.05, 3.63) is 11.6 Å². The summed E-state index contributed by atoms with van der Waals surface area (Å²) in [4.78, 5) is 25.7. The van der Waals surface area contributed by atoms with Gasteiger partial charge in [0.15, 0.2) is 0 Å². The van der Waals surface area contributed by atoms with Crippen LogP contribution in [0.5, 0.6) is 0 Å². The van der Waals surface area contributed by atoms with Gasteiger partial charge < -0.3 is 10.2 Å². The summed E-state index contributed by atoms with van der Waals surface area (Å²) in [6.45, 7) is 4.63. The van der Waals surface area contributed by atoms with Gasteiger partial charge in [-0.05, 0) is 39.0 Å². The highest BCUT2D eigenvalue weighted by Crippen LogP contribution is 2.23. The van der Waals surface area contributed by atoms with Crippen molar-refractivity contribution >= 4 is 11.8 Å². The Balaban J connectivity index is 1.98. The maximum Gasteiger partial charge on any atom is 0.248 e. The molecule has 1 aliphatic heterocycles. The third-order valence-corrected chi connectivity index (χ3v) is 4.05. The zero-order valence-electron chi connectivity index (χ0n) is 11.3. The van der Waals surface area contributed by atoms with Crippen LogP contribution < -0.4 is 5.32 Å². The first-order chi connectivity index (χ1) is 8.55. The third-order valence-electron chi connectivity index (χ3n) is 4.05. The molecule has 2 amide bonds. The topological polar surface area (TPSA) is 49.4 Å². The molecule has 2 aliphatic rings. The predicted octanol–water partition coefficient (Wildman–Crippen LogP) is 1.61. The van der Waals surface area contributed by atoms with E-state index in [1.54, 1.807) is 4.90 Å². The zero-order chi connectivity index (χ0) is 13.2. The lowest BCUT2D eigenvalue weighted by Gasteiger charge is -2.39. The van der Waals surface area contributed by atoms with Gasteiger partial charge in [0.1, 0.15) is 5.54 Å². The molecule has 0 aromatic carbocycles. The molecule has 18 heavy (non-hydrogen) atoms. The van der Waals surface area contributed by atoms with Crippen molar-refractivity contribution in [3.8, 4) is 0 Å². The van der Waals surface area contributed by atoms with Crippen molar-refractivity contribution in [3.63, 3.8) is 0 Å². The van der Waals surface area contributed by atoms with Gasteiger partial charge in [-0.2, -0.15) is 0 Å². The number of carbonyl (C=O) groups excluding carboxylic acids is 2. The number of allylic oxidation sites excluding steroid dienone is 1. The Morgan fingerprint density at radius 2 is 2.22 bits per heavy atom. The minimum atomic E-state index is -0.709. The van der Waals surface area contributed by atoms with Gasteiger partial charge in [-0.15, -0.1) is 0 Å². The molecule has 0 radical (unpaired) electrons. The standard InChI is InChI=1S/C14H22N2O2/c1-3-14(2)13(18)16(10-12(17)15-14)9-8-11-6-4-5-7-11/h6H,3-5,7-10H2,1-2H3,(H,15,17). The van der Waals surface area contributed by atoms with E-state index in [0.29, 0.717) is 13.0 Å². The monoisotopic (exact) mass is 250 g/mol. The van der Waals surface area contributed by atoms with E-state index in [1.807, 2.05) is 13.8 Å². The van der Waals surface area contributed by atoms with Crippen molar-refractivity contribution in [2.24, 2.45) is 0 Å². The summed E-state index contributed by atoms with van der Waals surface area (Å²) in [5.74, 6) is 0.0162. The highest BCUT2D eigenvalue weighted by Gasteiger charge is 2.41. The fourth-order valence-corrected chi connectivity index (χ4v) is 2.66. The maximum atomic E-state index is 12.3. The van der Waals surface area contributed by atoms with E-state index in [0.717, 1.165) is 19.3 Å². The summed E-state index contributed by atoms with van der Waals surface area (Å²) in [7, 11) is 0. The molecule has 1 unspecified atom stereocenters. The zero-order valence-corrected chi connectivity index (χ0v) is 11.3. The van der Waals surface area contributed by atoms with Gasteiger partial charge in [-0.3, -0.25) is 9.59 Å². The molecule has 2 rings (SSSR count). The number of nitrogens with one attached hydrogen (secondary N) is 1. The number of amides is 2. The van der Waals surface area contributed by atoms with Gasteiger partial charge in [0.2, 0.25) is 11.8 Å². The number of hydrogen-bond donors (Lipinski definition) is 1. The Labute approximate surface area is 108 Å². The quantitative estimate of drug-likeness (QED) is 0.771. The summed E-state index contributed by atoms with van der Waals surface area (Å²) in [5.41, 5.74) is 0.728. The van der Waals surface area contributed by atoms with Gasteiger partial charge >= 0.3 is 0 Å². The number of hydrogen-bond acceptors (Lipinski definition) is 2. The Morgan fingerprint density at radius 3 is 2.83 bits per heavy atom. The highest BCUT2D eigenvalue weighted by molar-refractivity contribution is 5.97. The molecule has 1 heterocycles. The smallest absolute Gasteiger partial charge is 0.248 e. The average Bonchev–Trinajstić information content (AvgIpc) is 2.85. The molecule has 1 atom stereocenters. The molecule has 100 valence electrons. The predicted molar refractivity (Wildman–Crippen MR) is 70.0 cm³/mol. The van der Waals surface area contributed by atoms with Crippen molar-refractivity contribution in [1.29, 1.82) is 0 Å². The van der Waals surface area contributed by atoms with Gasteiger partial charge in [0.05, 0.1) is 6.54 Å². The fourth-order valence-electron chi connectivity index (χ4n) is 2.66. The molecule has 4 heteroatoms. The van der Waals surface area contributed by atoms with Crippen molar-refractivity contribution in [1.82, 2.24) is 10.2 Å². The Bertz CT molecular complexity index is 389. The average molecular weight is 250 g/mol. The van der Waals surface area contributed by atoms with Gasteiger partial charge in [-0.1, -0.05) is 18.6 Å².